The second kappa shape index (κ2) is 6.26. The van der Waals surface area contributed by atoms with Crippen molar-refractivity contribution in [3.63, 3.8) is 0 Å². The van der Waals surface area contributed by atoms with Gasteiger partial charge in [0.15, 0.2) is 0 Å². The van der Waals surface area contributed by atoms with Crippen LogP contribution in [0.5, 0.6) is 0 Å². The second-order valence-electron chi connectivity index (χ2n) is 4.90. The molecule has 3 rings (SSSR count). The Morgan fingerprint density at radius 1 is 1.00 bits per heavy atom. The number of methoxy groups -OCH3 is 1. The molecule has 0 aliphatic carbocycles. The van der Waals surface area contributed by atoms with Crippen molar-refractivity contribution in [1.82, 2.24) is 9.55 Å². The lowest BCUT2D eigenvalue weighted by Gasteiger charge is -2.21. The molecule has 0 aliphatic rings. The topological polar surface area (TPSA) is 44.1 Å². The summed E-state index contributed by atoms with van der Waals surface area (Å²) in [6.07, 6.45) is 3.20. The normalized spacial score (nSPS) is 10.6. The van der Waals surface area contributed by atoms with Crippen LogP contribution in [-0.2, 0) is 4.74 Å². The minimum Gasteiger partial charge on any atom is -0.464 e. The molecule has 1 heterocycles. The van der Waals surface area contributed by atoms with Crippen LogP contribution in [0.1, 0.15) is 27.7 Å². The first kappa shape index (κ1) is 14.1. The summed E-state index contributed by atoms with van der Waals surface area (Å²) in [6.45, 7) is 0. The molecular weight excluding hydrogens is 276 g/mol. The van der Waals surface area contributed by atoms with Crippen LogP contribution in [0.15, 0.2) is 73.2 Å². The van der Waals surface area contributed by atoms with Gasteiger partial charge in [-0.05, 0) is 11.1 Å². The second-order valence-corrected chi connectivity index (χ2v) is 4.90. The first-order valence-electron chi connectivity index (χ1n) is 7.01. The maximum absolute atomic E-state index is 12.0. The van der Waals surface area contributed by atoms with E-state index in [1.165, 1.54) is 13.3 Å². The molecule has 0 bridgehead atoms. The van der Waals surface area contributed by atoms with Gasteiger partial charge in [-0.3, -0.25) is 0 Å². The van der Waals surface area contributed by atoms with Gasteiger partial charge in [0.05, 0.1) is 25.7 Å². The highest BCUT2D eigenvalue weighted by molar-refractivity contribution is 5.87. The van der Waals surface area contributed by atoms with E-state index in [1.807, 2.05) is 65.2 Å². The standard InChI is InChI=1S/C18H16N2O2/c1-22-18(21)16-12-19-13-20(16)17(14-8-4-2-5-9-14)15-10-6-3-7-11-15/h2-13,17H,1H3. The lowest BCUT2D eigenvalue weighted by molar-refractivity contribution is 0.0588. The largest absolute Gasteiger partial charge is 0.464 e. The zero-order chi connectivity index (χ0) is 15.4. The third kappa shape index (κ3) is 2.63. The van der Waals surface area contributed by atoms with Gasteiger partial charge in [-0.15, -0.1) is 0 Å². The zero-order valence-electron chi connectivity index (χ0n) is 12.2. The molecule has 0 spiro atoms. The van der Waals surface area contributed by atoms with E-state index in [1.54, 1.807) is 6.33 Å². The summed E-state index contributed by atoms with van der Waals surface area (Å²) in [7, 11) is 1.37. The molecule has 110 valence electrons. The molecule has 0 radical (unpaired) electrons. The molecule has 22 heavy (non-hydrogen) atoms. The summed E-state index contributed by atoms with van der Waals surface area (Å²) < 4.78 is 6.70. The number of hydrogen-bond acceptors (Lipinski definition) is 3. The van der Waals surface area contributed by atoms with Gasteiger partial charge in [0, 0.05) is 0 Å². The molecule has 0 atom stereocenters. The third-order valence-electron chi connectivity index (χ3n) is 3.57. The van der Waals surface area contributed by atoms with Crippen molar-refractivity contribution in [3.05, 3.63) is 90.0 Å². The van der Waals surface area contributed by atoms with Crippen molar-refractivity contribution >= 4 is 5.97 Å². The lowest BCUT2D eigenvalue weighted by Crippen LogP contribution is -2.17. The number of hydrogen-bond donors (Lipinski definition) is 0. The average Bonchev–Trinajstić information content (AvgIpc) is 3.06. The molecule has 4 nitrogen and oxygen atoms in total. The first-order chi connectivity index (χ1) is 10.8. The number of imidazole rings is 1. The summed E-state index contributed by atoms with van der Waals surface area (Å²) in [5.41, 5.74) is 2.59. The summed E-state index contributed by atoms with van der Waals surface area (Å²) in [5.74, 6) is -0.394. The Balaban J connectivity index is 2.15. The molecule has 2 aromatic carbocycles. The highest BCUT2D eigenvalue weighted by atomic mass is 16.5. The molecule has 3 aromatic rings. The number of esters is 1. The van der Waals surface area contributed by atoms with E-state index in [-0.39, 0.29) is 6.04 Å². The molecule has 0 saturated heterocycles. The van der Waals surface area contributed by atoms with E-state index in [0.717, 1.165) is 11.1 Å². The number of aromatic nitrogens is 2. The van der Waals surface area contributed by atoms with Crippen LogP contribution >= 0.6 is 0 Å². The van der Waals surface area contributed by atoms with Crippen molar-refractivity contribution in [1.29, 1.82) is 0 Å². The summed E-state index contributed by atoms with van der Waals surface area (Å²) in [4.78, 5) is 16.1. The van der Waals surface area contributed by atoms with Gasteiger partial charge in [-0.1, -0.05) is 60.7 Å². The number of nitrogens with zero attached hydrogens (tertiary/aromatic N) is 2. The van der Waals surface area contributed by atoms with Crippen LogP contribution in [0, 0.1) is 0 Å². The van der Waals surface area contributed by atoms with Crippen molar-refractivity contribution in [2.75, 3.05) is 7.11 Å². The minimum atomic E-state index is -0.394. The lowest BCUT2D eigenvalue weighted by atomic mass is 9.98. The van der Waals surface area contributed by atoms with Gasteiger partial charge in [0.2, 0.25) is 0 Å². The Bertz CT molecular complexity index is 712. The predicted molar refractivity (Wildman–Crippen MR) is 83.7 cm³/mol. The van der Waals surface area contributed by atoms with Gasteiger partial charge < -0.3 is 9.30 Å². The SMILES string of the molecule is COC(=O)c1cncn1C(c1ccccc1)c1ccccc1. The molecule has 0 N–H and O–H groups in total. The minimum absolute atomic E-state index is 0.126. The third-order valence-corrected chi connectivity index (χ3v) is 3.57. The van der Waals surface area contributed by atoms with Crippen molar-refractivity contribution in [2.45, 2.75) is 6.04 Å². The Morgan fingerprint density at radius 2 is 1.55 bits per heavy atom. The Hall–Kier alpha value is -2.88. The van der Waals surface area contributed by atoms with E-state index in [2.05, 4.69) is 4.98 Å². The fourth-order valence-corrected chi connectivity index (χ4v) is 2.56. The number of rotatable bonds is 4. The molecule has 0 unspecified atom stereocenters. The van der Waals surface area contributed by atoms with Gasteiger partial charge >= 0.3 is 5.97 Å². The van der Waals surface area contributed by atoms with Crippen LogP contribution < -0.4 is 0 Å². The number of carbonyl (C=O) groups excluding carboxylic acids is 1. The molecule has 1 aromatic heterocycles. The highest BCUT2D eigenvalue weighted by Crippen LogP contribution is 2.27. The monoisotopic (exact) mass is 292 g/mol. The number of carbonyl (C=O) groups is 1. The van der Waals surface area contributed by atoms with Gasteiger partial charge in [0.1, 0.15) is 5.69 Å². The predicted octanol–water partition coefficient (Wildman–Crippen LogP) is 3.31. The number of ether oxygens (including phenoxy) is 1. The molecule has 0 fully saturated rings. The quantitative estimate of drug-likeness (QED) is 0.693. The van der Waals surface area contributed by atoms with Crippen molar-refractivity contribution in [2.24, 2.45) is 0 Å². The van der Waals surface area contributed by atoms with Crippen molar-refractivity contribution in [3.8, 4) is 0 Å². The van der Waals surface area contributed by atoms with Crippen LogP contribution in [0.25, 0.3) is 0 Å². The first-order valence-corrected chi connectivity index (χ1v) is 7.01. The smallest absolute Gasteiger partial charge is 0.356 e. The Labute approximate surface area is 129 Å². The summed E-state index contributed by atoms with van der Waals surface area (Å²) in [6, 6.07) is 19.9. The van der Waals surface area contributed by atoms with Gasteiger partial charge in [-0.25, -0.2) is 9.78 Å². The fourth-order valence-electron chi connectivity index (χ4n) is 2.56. The fraction of sp³-hybridized carbons (Fsp3) is 0.111. The van der Waals surface area contributed by atoms with Crippen LogP contribution in [0.4, 0.5) is 0 Å². The van der Waals surface area contributed by atoms with Gasteiger partial charge in [0.25, 0.3) is 0 Å². The Morgan fingerprint density at radius 3 is 2.05 bits per heavy atom. The Kier molecular flexibility index (Phi) is 4.01. The van der Waals surface area contributed by atoms with E-state index < -0.39 is 5.97 Å². The summed E-state index contributed by atoms with van der Waals surface area (Å²) >= 11 is 0. The molecule has 4 heteroatoms. The van der Waals surface area contributed by atoms with Gasteiger partial charge in [-0.2, -0.15) is 0 Å². The van der Waals surface area contributed by atoms with Crippen LogP contribution in [0.3, 0.4) is 0 Å². The van der Waals surface area contributed by atoms with E-state index >= 15 is 0 Å². The van der Waals surface area contributed by atoms with Crippen LogP contribution in [-0.4, -0.2) is 22.6 Å². The van der Waals surface area contributed by atoms with E-state index in [0.29, 0.717) is 5.69 Å². The maximum atomic E-state index is 12.0. The average molecular weight is 292 g/mol. The van der Waals surface area contributed by atoms with Crippen LogP contribution in [0.2, 0.25) is 0 Å². The van der Waals surface area contributed by atoms with E-state index in [9.17, 15) is 4.79 Å². The molecule has 0 aliphatic heterocycles. The summed E-state index contributed by atoms with van der Waals surface area (Å²) in [5, 5.41) is 0. The molecular formula is C18H16N2O2. The number of benzene rings is 2. The van der Waals surface area contributed by atoms with Crippen molar-refractivity contribution < 1.29 is 9.53 Å². The highest BCUT2D eigenvalue weighted by Gasteiger charge is 2.22. The maximum Gasteiger partial charge on any atom is 0.356 e. The molecule has 0 saturated carbocycles. The molecule has 0 amide bonds. The zero-order valence-corrected chi connectivity index (χ0v) is 12.2. The van der Waals surface area contributed by atoms with E-state index in [4.69, 9.17) is 4.74 Å².